The topological polar surface area (TPSA) is 71.4 Å². The molecule has 0 spiro atoms. The van der Waals surface area contributed by atoms with Gasteiger partial charge < -0.3 is 5.11 Å². The summed E-state index contributed by atoms with van der Waals surface area (Å²) in [6.45, 7) is 2.65. The fraction of sp³-hybridized carbons (Fsp3) is 0.222. The minimum Gasteiger partial charge on any atom is -0.478 e. The van der Waals surface area contributed by atoms with Gasteiger partial charge in [0.2, 0.25) is 0 Å². The van der Waals surface area contributed by atoms with E-state index < -0.39 is 26.4 Å². The minimum atomic E-state index is -4.09. The van der Waals surface area contributed by atoms with Crippen LogP contribution in [0.2, 0.25) is 0 Å². The maximum atomic E-state index is 13.5. The number of carboxylic acids is 1. The third-order valence-electron chi connectivity index (χ3n) is 2.27. The molecule has 0 unspecified atom stereocenters. The number of aromatic carboxylic acids is 1. The largest absolute Gasteiger partial charge is 0.478 e. The van der Waals surface area contributed by atoms with E-state index in [9.17, 15) is 17.6 Å². The molecule has 1 aromatic rings. The third kappa shape index (κ3) is 2.17. The first-order valence-corrected chi connectivity index (χ1v) is 6.45. The predicted molar refractivity (Wildman–Crippen MR) is 55.9 cm³/mol. The molecule has 0 amide bonds. The van der Waals surface area contributed by atoms with Gasteiger partial charge in [-0.25, -0.2) is 17.6 Å². The quantitative estimate of drug-likeness (QED) is 0.832. The van der Waals surface area contributed by atoms with Gasteiger partial charge >= 0.3 is 5.97 Å². The highest BCUT2D eigenvalue weighted by Gasteiger charge is 2.22. The molecule has 16 heavy (non-hydrogen) atoms. The number of carbonyl (C=O) groups is 1. The molecule has 0 aliphatic rings. The van der Waals surface area contributed by atoms with Gasteiger partial charge in [0, 0.05) is 10.7 Å². The summed E-state index contributed by atoms with van der Waals surface area (Å²) in [5, 5.41) is 8.69. The van der Waals surface area contributed by atoms with Crippen LogP contribution in [-0.4, -0.2) is 19.5 Å². The molecule has 0 aliphatic heterocycles. The Labute approximate surface area is 96.1 Å². The molecule has 0 aromatic heterocycles. The second-order valence-electron chi connectivity index (χ2n) is 3.23. The van der Waals surface area contributed by atoms with Gasteiger partial charge in [0.05, 0.1) is 10.5 Å². The van der Waals surface area contributed by atoms with Crippen molar-refractivity contribution >= 4 is 25.7 Å². The molecule has 0 fully saturated rings. The minimum absolute atomic E-state index is 0.0425. The zero-order valence-electron chi connectivity index (χ0n) is 8.41. The zero-order chi connectivity index (χ0) is 12.7. The summed E-state index contributed by atoms with van der Waals surface area (Å²) in [6.07, 6.45) is 0. The molecule has 0 bridgehead atoms. The van der Waals surface area contributed by atoms with Crippen molar-refractivity contribution in [3.8, 4) is 0 Å². The van der Waals surface area contributed by atoms with Crippen LogP contribution < -0.4 is 0 Å². The summed E-state index contributed by atoms with van der Waals surface area (Å²) in [5.74, 6) is -2.49. The Morgan fingerprint density at radius 1 is 1.38 bits per heavy atom. The smallest absolute Gasteiger partial charge is 0.338 e. The number of hydrogen-bond acceptors (Lipinski definition) is 3. The van der Waals surface area contributed by atoms with Gasteiger partial charge in [-0.1, -0.05) is 0 Å². The highest BCUT2D eigenvalue weighted by atomic mass is 35.7. The van der Waals surface area contributed by atoms with E-state index in [-0.39, 0.29) is 16.0 Å². The summed E-state index contributed by atoms with van der Waals surface area (Å²) >= 11 is 0. The van der Waals surface area contributed by atoms with E-state index in [0.717, 1.165) is 6.07 Å². The van der Waals surface area contributed by atoms with Crippen LogP contribution in [-0.2, 0) is 9.05 Å². The maximum absolute atomic E-state index is 13.5. The van der Waals surface area contributed by atoms with Crippen LogP contribution in [0.1, 0.15) is 21.5 Å². The Morgan fingerprint density at radius 2 is 1.88 bits per heavy atom. The number of carboxylic acid groups (broad SMARTS) is 1. The average Bonchev–Trinajstić information content (AvgIpc) is 2.11. The summed E-state index contributed by atoms with van der Waals surface area (Å²) in [5.41, 5.74) is -0.640. The summed E-state index contributed by atoms with van der Waals surface area (Å²) in [6, 6.07) is 0.725. The molecule has 1 rings (SSSR count). The van der Waals surface area contributed by atoms with Gasteiger partial charge in [-0.2, -0.15) is 0 Å². The van der Waals surface area contributed by atoms with Crippen molar-refractivity contribution in [2.24, 2.45) is 0 Å². The first-order chi connectivity index (χ1) is 7.16. The molecule has 0 saturated heterocycles. The molecule has 1 aromatic carbocycles. The van der Waals surface area contributed by atoms with Crippen LogP contribution in [0.15, 0.2) is 11.0 Å². The van der Waals surface area contributed by atoms with Gasteiger partial charge in [0.1, 0.15) is 5.82 Å². The van der Waals surface area contributed by atoms with Gasteiger partial charge in [0.25, 0.3) is 9.05 Å². The molecule has 0 radical (unpaired) electrons. The summed E-state index contributed by atoms with van der Waals surface area (Å²) in [4.78, 5) is 10.3. The molecular formula is C9H8ClFO4S. The van der Waals surface area contributed by atoms with Crippen molar-refractivity contribution in [2.45, 2.75) is 18.7 Å². The molecular weight excluding hydrogens is 259 g/mol. The van der Waals surface area contributed by atoms with Crippen molar-refractivity contribution in [2.75, 3.05) is 0 Å². The Hall–Kier alpha value is -1.14. The van der Waals surface area contributed by atoms with Crippen LogP contribution in [0.3, 0.4) is 0 Å². The van der Waals surface area contributed by atoms with Gasteiger partial charge in [-0.05, 0) is 31.0 Å². The highest BCUT2D eigenvalue weighted by molar-refractivity contribution is 8.13. The lowest BCUT2D eigenvalue weighted by molar-refractivity contribution is 0.0691. The molecule has 4 nitrogen and oxygen atoms in total. The van der Waals surface area contributed by atoms with Crippen molar-refractivity contribution in [3.05, 3.63) is 28.6 Å². The number of rotatable bonds is 2. The Morgan fingerprint density at radius 3 is 2.25 bits per heavy atom. The summed E-state index contributed by atoms with van der Waals surface area (Å²) < 4.78 is 35.7. The second-order valence-corrected chi connectivity index (χ2v) is 5.76. The fourth-order valence-electron chi connectivity index (χ4n) is 1.26. The Bertz CT molecular complexity index is 565. The molecule has 0 atom stereocenters. The third-order valence-corrected chi connectivity index (χ3v) is 3.71. The number of halogens is 2. The van der Waals surface area contributed by atoms with E-state index in [0.29, 0.717) is 0 Å². The number of hydrogen-bond donors (Lipinski definition) is 1. The van der Waals surface area contributed by atoms with E-state index in [4.69, 9.17) is 15.8 Å². The molecule has 0 aliphatic carbocycles. The van der Waals surface area contributed by atoms with Crippen LogP contribution in [0.5, 0.6) is 0 Å². The lowest BCUT2D eigenvalue weighted by Gasteiger charge is -2.09. The second kappa shape index (κ2) is 4.03. The van der Waals surface area contributed by atoms with E-state index in [1.807, 2.05) is 0 Å². The highest BCUT2D eigenvalue weighted by Crippen LogP contribution is 2.26. The average molecular weight is 267 g/mol. The van der Waals surface area contributed by atoms with Crippen LogP contribution >= 0.6 is 10.7 Å². The fourth-order valence-corrected chi connectivity index (χ4v) is 2.52. The van der Waals surface area contributed by atoms with Crippen molar-refractivity contribution < 1.29 is 22.7 Å². The molecule has 88 valence electrons. The molecule has 0 heterocycles. The zero-order valence-corrected chi connectivity index (χ0v) is 9.99. The Balaban J connectivity index is 3.74. The van der Waals surface area contributed by atoms with Crippen molar-refractivity contribution in [3.63, 3.8) is 0 Å². The standard InChI is InChI=1S/C9H8ClFO4S/c1-4-5(2)8(11)6(9(12)13)3-7(4)16(10,14)15/h3H,1-2H3,(H,12,13). The van der Waals surface area contributed by atoms with Gasteiger partial charge in [-0.15, -0.1) is 0 Å². The van der Waals surface area contributed by atoms with Gasteiger partial charge in [0.15, 0.2) is 0 Å². The van der Waals surface area contributed by atoms with Crippen LogP contribution in [0, 0.1) is 19.7 Å². The summed E-state index contributed by atoms with van der Waals surface area (Å²) in [7, 11) is 1.04. The lowest BCUT2D eigenvalue weighted by Crippen LogP contribution is -2.08. The van der Waals surface area contributed by atoms with E-state index in [2.05, 4.69) is 0 Å². The SMILES string of the molecule is Cc1c(S(=O)(=O)Cl)cc(C(=O)O)c(F)c1C. The van der Waals surface area contributed by atoms with Crippen LogP contribution in [0.25, 0.3) is 0 Å². The first-order valence-electron chi connectivity index (χ1n) is 4.14. The normalized spacial score (nSPS) is 11.5. The molecule has 0 saturated carbocycles. The first kappa shape index (κ1) is 12.9. The monoisotopic (exact) mass is 266 g/mol. The maximum Gasteiger partial charge on any atom is 0.338 e. The van der Waals surface area contributed by atoms with Gasteiger partial charge in [-0.3, -0.25) is 0 Å². The van der Waals surface area contributed by atoms with E-state index in [1.165, 1.54) is 13.8 Å². The molecule has 1 N–H and O–H groups in total. The Kier molecular flexibility index (Phi) is 3.25. The number of benzene rings is 1. The van der Waals surface area contributed by atoms with Crippen molar-refractivity contribution in [1.82, 2.24) is 0 Å². The van der Waals surface area contributed by atoms with E-state index in [1.54, 1.807) is 0 Å². The van der Waals surface area contributed by atoms with Crippen molar-refractivity contribution in [1.29, 1.82) is 0 Å². The van der Waals surface area contributed by atoms with Crippen LogP contribution in [0.4, 0.5) is 4.39 Å². The lowest BCUT2D eigenvalue weighted by atomic mass is 10.1. The van der Waals surface area contributed by atoms with E-state index >= 15 is 0 Å². The molecule has 7 heteroatoms. The predicted octanol–water partition coefficient (Wildman–Crippen LogP) is 2.07.